The summed E-state index contributed by atoms with van der Waals surface area (Å²) in [7, 11) is 1.70. The van der Waals surface area contributed by atoms with Crippen molar-refractivity contribution in [3.8, 4) is 5.75 Å². The van der Waals surface area contributed by atoms with Crippen LogP contribution in [0.25, 0.3) is 10.9 Å². The van der Waals surface area contributed by atoms with Gasteiger partial charge in [-0.25, -0.2) is 0 Å². The third kappa shape index (κ3) is 2.62. The molecule has 0 saturated carbocycles. The van der Waals surface area contributed by atoms with E-state index in [9.17, 15) is 0 Å². The molecule has 1 unspecified atom stereocenters. The number of hydrogen-bond donors (Lipinski definition) is 1. The van der Waals surface area contributed by atoms with E-state index >= 15 is 0 Å². The molecule has 2 aromatic rings. The summed E-state index contributed by atoms with van der Waals surface area (Å²) < 4.78 is 5.37. The highest BCUT2D eigenvalue weighted by atomic mass is 16.5. The van der Waals surface area contributed by atoms with E-state index in [1.165, 1.54) is 5.56 Å². The van der Waals surface area contributed by atoms with Gasteiger partial charge in [0.1, 0.15) is 5.75 Å². The minimum absolute atomic E-state index is 0.445. The highest BCUT2D eigenvalue weighted by molar-refractivity contribution is 5.83. The van der Waals surface area contributed by atoms with Crippen LogP contribution in [0.2, 0.25) is 0 Å². The van der Waals surface area contributed by atoms with Crippen molar-refractivity contribution >= 4 is 10.9 Å². The van der Waals surface area contributed by atoms with Crippen LogP contribution in [0, 0.1) is 0 Å². The van der Waals surface area contributed by atoms with E-state index in [4.69, 9.17) is 10.5 Å². The van der Waals surface area contributed by atoms with E-state index in [0.717, 1.165) is 36.0 Å². The molecule has 1 heterocycles. The van der Waals surface area contributed by atoms with Crippen molar-refractivity contribution in [1.82, 2.24) is 4.98 Å². The largest absolute Gasteiger partial charge is 0.497 e. The van der Waals surface area contributed by atoms with Crippen LogP contribution in [-0.4, -0.2) is 18.6 Å². The first-order chi connectivity index (χ1) is 8.76. The van der Waals surface area contributed by atoms with Gasteiger partial charge in [0.2, 0.25) is 0 Å². The number of pyridine rings is 1. The van der Waals surface area contributed by atoms with Crippen molar-refractivity contribution in [2.75, 3.05) is 13.7 Å². The molecule has 1 aromatic carbocycles. The molecule has 0 bridgehead atoms. The van der Waals surface area contributed by atoms with Gasteiger partial charge in [0, 0.05) is 11.6 Å². The number of methoxy groups -OCH3 is 1. The van der Waals surface area contributed by atoms with Gasteiger partial charge >= 0.3 is 0 Å². The van der Waals surface area contributed by atoms with Crippen LogP contribution in [0.1, 0.15) is 31.2 Å². The standard InChI is InChI=1S/C15H20N2O/c1-11(5-3-7-16)14-10-13(18-2)9-12-6-4-8-17-15(12)14/h4,6,8-11H,3,5,7,16H2,1-2H3. The maximum atomic E-state index is 5.58. The molecule has 0 fully saturated rings. The summed E-state index contributed by atoms with van der Waals surface area (Å²) in [6.07, 6.45) is 3.95. The van der Waals surface area contributed by atoms with Crippen LogP contribution in [0.15, 0.2) is 30.5 Å². The van der Waals surface area contributed by atoms with Gasteiger partial charge in [-0.2, -0.15) is 0 Å². The number of aromatic nitrogens is 1. The Morgan fingerprint density at radius 1 is 1.39 bits per heavy atom. The molecule has 18 heavy (non-hydrogen) atoms. The lowest BCUT2D eigenvalue weighted by Gasteiger charge is -2.15. The van der Waals surface area contributed by atoms with Gasteiger partial charge in [-0.05, 0) is 49.1 Å². The second-order valence-electron chi connectivity index (χ2n) is 4.62. The lowest BCUT2D eigenvalue weighted by molar-refractivity contribution is 0.414. The lowest BCUT2D eigenvalue weighted by Crippen LogP contribution is -2.03. The van der Waals surface area contributed by atoms with E-state index in [2.05, 4.69) is 24.0 Å². The van der Waals surface area contributed by atoms with E-state index < -0.39 is 0 Å². The first kappa shape index (κ1) is 12.8. The van der Waals surface area contributed by atoms with Crippen molar-refractivity contribution in [1.29, 1.82) is 0 Å². The fourth-order valence-corrected chi connectivity index (χ4v) is 2.27. The summed E-state index contributed by atoms with van der Waals surface area (Å²) in [5.41, 5.74) is 7.90. The van der Waals surface area contributed by atoms with Crippen molar-refractivity contribution in [3.05, 3.63) is 36.0 Å². The SMILES string of the molecule is COc1cc(C(C)CCCN)c2ncccc2c1. The molecule has 3 heteroatoms. The monoisotopic (exact) mass is 244 g/mol. The third-order valence-corrected chi connectivity index (χ3v) is 3.32. The molecule has 3 nitrogen and oxygen atoms in total. The Balaban J connectivity index is 2.46. The van der Waals surface area contributed by atoms with Crippen LogP contribution >= 0.6 is 0 Å². The van der Waals surface area contributed by atoms with E-state index in [1.54, 1.807) is 7.11 Å². The summed E-state index contributed by atoms with van der Waals surface area (Å²) in [4.78, 5) is 4.50. The van der Waals surface area contributed by atoms with Crippen molar-refractivity contribution in [3.63, 3.8) is 0 Å². The molecule has 0 aliphatic carbocycles. The maximum Gasteiger partial charge on any atom is 0.119 e. The number of benzene rings is 1. The van der Waals surface area contributed by atoms with Crippen molar-refractivity contribution in [2.24, 2.45) is 5.73 Å². The molecule has 1 aromatic heterocycles. The fraction of sp³-hybridized carbons (Fsp3) is 0.400. The Labute approximate surface area is 108 Å². The van der Waals surface area contributed by atoms with Gasteiger partial charge < -0.3 is 10.5 Å². The van der Waals surface area contributed by atoms with Crippen molar-refractivity contribution < 1.29 is 4.74 Å². The second kappa shape index (κ2) is 5.83. The van der Waals surface area contributed by atoms with Gasteiger partial charge in [-0.3, -0.25) is 4.98 Å². The minimum atomic E-state index is 0.445. The Bertz CT molecular complexity index is 525. The van der Waals surface area contributed by atoms with E-state index in [-0.39, 0.29) is 0 Å². The van der Waals surface area contributed by atoms with Crippen LogP contribution in [0.4, 0.5) is 0 Å². The first-order valence-electron chi connectivity index (χ1n) is 6.39. The Morgan fingerprint density at radius 3 is 2.94 bits per heavy atom. The van der Waals surface area contributed by atoms with Gasteiger partial charge in [0.25, 0.3) is 0 Å². The minimum Gasteiger partial charge on any atom is -0.497 e. The Morgan fingerprint density at radius 2 is 2.22 bits per heavy atom. The van der Waals surface area contributed by atoms with Crippen LogP contribution in [-0.2, 0) is 0 Å². The highest BCUT2D eigenvalue weighted by Gasteiger charge is 2.12. The molecular weight excluding hydrogens is 224 g/mol. The molecule has 2 rings (SSSR count). The van der Waals surface area contributed by atoms with Crippen molar-refractivity contribution in [2.45, 2.75) is 25.7 Å². The van der Waals surface area contributed by atoms with E-state index in [1.807, 2.05) is 18.3 Å². The topological polar surface area (TPSA) is 48.1 Å². The zero-order valence-electron chi connectivity index (χ0n) is 11.0. The molecule has 0 saturated heterocycles. The second-order valence-corrected chi connectivity index (χ2v) is 4.62. The molecule has 0 amide bonds. The first-order valence-corrected chi connectivity index (χ1v) is 6.39. The normalized spacial score (nSPS) is 12.6. The summed E-state index contributed by atoms with van der Waals surface area (Å²) in [5.74, 6) is 1.34. The molecule has 96 valence electrons. The lowest BCUT2D eigenvalue weighted by atomic mass is 9.93. The molecule has 2 N–H and O–H groups in total. The van der Waals surface area contributed by atoms with Crippen LogP contribution < -0.4 is 10.5 Å². The van der Waals surface area contributed by atoms with Gasteiger partial charge in [-0.15, -0.1) is 0 Å². The molecule has 0 spiro atoms. The smallest absolute Gasteiger partial charge is 0.119 e. The van der Waals surface area contributed by atoms with E-state index in [0.29, 0.717) is 5.92 Å². The molecule has 0 aliphatic rings. The average Bonchev–Trinajstić information content (AvgIpc) is 2.43. The number of nitrogens with two attached hydrogens (primary N) is 1. The zero-order valence-corrected chi connectivity index (χ0v) is 11.0. The molecule has 0 radical (unpaired) electrons. The Kier molecular flexibility index (Phi) is 4.15. The summed E-state index contributed by atoms with van der Waals surface area (Å²) in [6.45, 7) is 2.96. The number of rotatable bonds is 5. The molecule has 1 atom stereocenters. The maximum absolute atomic E-state index is 5.58. The zero-order chi connectivity index (χ0) is 13.0. The predicted molar refractivity (Wildman–Crippen MR) is 75.0 cm³/mol. The van der Waals surface area contributed by atoms with Crippen LogP contribution in [0.3, 0.4) is 0 Å². The quantitative estimate of drug-likeness (QED) is 0.879. The number of nitrogens with zero attached hydrogens (tertiary/aromatic N) is 1. The number of hydrogen-bond acceptors (Lipinski definition) is 3. The summed E-state index contributed by atoms with van der Waals surface area (Å²) >= 11 is 0. The average molecular weight is 244 g/mol. The number of ether oxygens (including phenoxy) is 1. The third-order valence-electron chi connectivity index (χ3n) is 3.32. The summed E-state index contributed by atoms with van der Waals surface area (Å²) in [6, 6.07) is 8.15. The summed E-state index contributed by atoms with van der Waals surface area (Å²) in [5, 5.41) is 1.13. The van der Waals surface area contributed by atoms with Gasteiger partial charge in [-0.1, -0.05) is 13.0 Å². The highest BCUT2D eigenvalue weighted by Crippen LogP contribution is 2.31. The predicted octanol–water partition coefficient (Wildman–Crippen LogP) is 3.09. The molecular formula is C15H20N2O. The van der Waals surface area contributed by atoms with Gasteiger partial charge in [0.15, 0.2) is 0 Å². The van der Waals surface area contributed by atoms with Crippen LogP contribution in [0.5, 0.6) is 5.75 Å². The Hall–Kier alpha value is -1.61. The number of fused-ring (bicyclic) bond motifs is 1. The fourth-order valence-electron chi connectivity index (χ4n) is 2.27. The molecule has 0 aliphatic heterocycles. The van der Waals surface area contributed by atoms with Gasteiger partial charge in [0.05, 0.1) is 12.6 Å².